The molecule has 5 N–H and O–H groups in total. The summed E-state index contributed by atoms with van der Waals surface area (Å²) in [5, 5.41) is 62.0. The zero-order chi connectivity index (χ0) is 71.1. The molecule has 18 atom stereocenters. The number of carbonyl (C=O) groups is 8. The summed E-state index contributed by atoms with van der Waals surface area (Å²) in [5.41, 5.74) is -13.1. The number of ketones is 2. The molecule has 24 nitrogen and oxygen atoms in total. The maximum Gasteiger partial charge on any atom is 0.509 e. The summed E-state index contributed by atoms with van der Waals surface area (Å²) >= 11 is 0. The number of Topliss-reactive ketones (excluding diaryl/α,β-unsaturated/α-hetero) is 2. The fourth-order valence-corrected chi connectivity index (χ4v) is 19.6. The van der Waals surface area contributed by atoms with Crippen LogP contribution in [0.1, 0.15) is 129 Å². The molecule has 3 aromatic rings. The Hall–Kier alpha value is -7.20. The largest absolute Gasteiger partial charge is 0.509 e. The van der Waals surface area contributed by atoms with Gasteiger partial charge in [0.1, 0.15) is 35.6 Å². The van der Waals surface area contributed by atoms with Crippen molar-refractivity contribution in [3.63, 3.8) is 0 Å². The number of aliphatic hydroxyl groups is 5. The minimum Gasteiger partial charge on any atom is -0.455 e. The number of benzene rings is 3. The Morgan fingerprint density at radius 2 is 0.918 bits per heavy atom. The highest BCUT2D eigenvalue weighted by atomic mass is 28.4. The van der Waals surface area contributed by atoms with Crippen LogP contribution in [0, 0.1) is 33.5 Å². The summed E-state index contributed by atoms with van der Waals surface area (Å²) in [5.74, 6) is -7.21. The van der Waals surface area contributed by atoms with E-state index < -0.39 is 173 Å². The van der Waals surface area contributed by atoms with Crippen molar-refractivity contribution in [3.05, 3.63) is 124 Å². The van der Waals surface area contributed by atoms with E-state index in [0.29, 0.717) is 5.57 Å². The number of rotatable bonds is 13. The van der Waals surface area contributed by atoms with Gasteiger partial charge in [-0.2, -0.15) is 0 Å². The Kier molecular flexibility index (Phi) is 19.6. The summed E-state index contributed by atoms with van der Waals surface area (Å²) in [7, 11) is -2.88. The first-order valence-corrected chi connectivity index (χ1v) is 35.9. The number of hydrogen-bond acceptors (Lipinski definition) is 24. The maximum atomic E-state index is 15.9. The van der Waals surface area contributed by atoms with Crippen LogP contribution in [0.2, 0.25) is 13.1 Å². The highest BCUT2D eigenvalue weighted by Crippen LogP contribution is 2.67. The average Bonchev–Trinajstić information content (AvgIpc) is 0.675. The Bertz CT molecular complexity index is 3650. The highest BCUT2D eigenvalue weighted by Gasteiger charge is 2.81. The van der Waals surface area contributed by atoms with Gasteiger partial charge >= 0.3 is 36.2 Å². The van der Waals surface area contributed by atoms with Gasteiger partial charge in [0.15, 0.2) is 35.0 Å². The van der Waals surface area contributed by atoms with Crippen molar-refractivity contribution in [1.29, 1.82) is 0 Å². The molecule has 4 saturated carbocycles. The van der Waals surface area contributed by atoms with Crippen LogP contribution >= 0.6 is 0 Å². The van der Waals surface area contributed by atoms with Crippen LogP contribution in [0.3, 0.4) is 0 Å². The minimum atomic E-state index is -2.88. The van der Waals surface area contributed by atoms with Crippen molar-refractivity contribution in [3.8, 4) is 0 Å². The molecule has 3 unspecified atom stereocenters. The van der Waals surface area contributed by atoms with Gasteiger partial charge in [0, 0.05) is 50.4 Å². The van der Waals surface area contributed by atoms with Gasteiger partial charge in [-0.05, 0) is 106 Å². The Morgan fingerprint density at radius 3 is 1.29 bits per heavy atom. The molecule has 25 heteroatoms. The highest BCUT2D eigenvalue weighted by molar-refractivity contribution is 6.84. The Morgan fingerprint density at radius 1 is 0.546 bits per heavy atom. The molecule has 0 amide bonds. The zero-order valence-electron chi connectivity index (χ0n) is 57.2. The molecule has 2 saturated heterocycles. The normalized spacial score (nSPS) is 36.6. The van der Waals surface area contributed by atoms with Crippen LogP contribution in [-0.2, 0) is 71.0 Å². The van der Waals surface area contributed by atoms with E-state index in [1.165, 1.54) is 32.9 Å². The molecular formula is C72H90O24Si. The van der Waals surface area contributed by atoms with Gasteiger partial charge in [0.05, 0.1) is 84.6 Å². The van der Waals surface area contributed by atoms with Gasteiger partial charge in [-0.3, -0.25) is 19.2 Å². The summed E-state index contributed by atoms with van der Waals surface area (Å²) < 4.78 is 65.7. The van der Waals surface area contributed by atoms with Crippen molar-refractivity contribution in [2.45, 2.75) is 205 Å². The second kappa shape index (κ2) is 26.1. The molecule has 526 valence electrons. The molecule has 97 heavy (non-hydrogen) atoms. The molecule has 11 rings (SSSR count). The lowest BCUT2D eigenvalue weighted by molar-refractivity contribution is -0.345. The molecule has 3 aromatic carbocycles. The van der Waals surface area contributed by atoms with Crippen LogP contribution in [0.4, 0.5) is 9.59 Å². The lowest BCUT2D eigenvalue weighted by atomic mass is 9.44. The number of ether oxygens (including phenoxy) is 10. The smallest absolute Gasteiger partial charge is 0.455 e. The molecule has 0 spiro atoms. The van der Waals surface area contributed by atoms with E-state index in [1.807, 2.05) is 43.4 Å². The van der Waals surface area contributed by atoms with E-state index in [0.717, 1.165) is 5.19 Å². The van der Waals surface area contributed by atoms with E-state index >= 15 is 4.79 Å². The van der Waals surface area contributed by atoms with E-state index in [4.69, 9.17) is 51.8 Å². The maximum absolute atomic E-state index is 15.9. The SMILES string of the molecule is CCOC(=O)O[C@H]1C(=O)[C@@]2(C)C([C@H](OC(=O)c3ccccc3)[C@]3(O)C[C@H](O)C(C)=C1C3(C)C)[C@]1(OC(C)=O)CO[C@@H]1C[C@@H]2O.CCOC(=O)O[C@H]1C(=O)[C@]2(C)C(O[Si](C)(C)c3ccccc3)C[C@H]3OC[C@@]3(OC(C)=O)C2[C@H](OC(=O)c2ccccc2)[C@]2(O)C[C@H](O)C(C)=C1C2(C)C. The van der Waals surface area contributed by atoms with Gasteiger partial charge in [-0.25, -0.2) is 19.2 Å². The summed E-state index contributed by atoms with van der Waals surface area (Å²) in [6.45, 7) is 21.9. The quantitative estimate of drug-likeness (QED) is 0.0516. The standard InChI is InChI=1S/C40H50O12Si.C32H40O12/c1-9-47-36(45)49-31-30-23(2)27(42)21-40(46,37(30,4)5)34(50-35(44)25-16-12-10-13-17-25)32-38(6,33(31)43)28(20-29-39(32,22-48-29)51-24(3)41)52-53(7,8)26-18-14-11-15-19-26;1-7-40-28(38)42-23-22-16(2)19(34)14-32(39,29(22,4)5)26(43-27(37)18-11-9-8-10-12-18)24-30(6,25(23)36)20(35)13-21-31(24,15-41-21)44-17(3)33/h10-19,27-29,31-32,34,42,46H,9,20-22H2,1-8H3;8-12,19-21,23-24,26,34-35,39H,7,13-15H2,1-6H3/t27-,28?,29+,31+,32?,34-,38+,39-,40+;19-,20-,21+,23+,24?,26-,30+,31-,32+/m00/s1. The number of fused-ring (bicyclic) bond motifs is 10. The number of hydrogen-bond donors (Lipinski definition) is 5. The van der Waals surface area contributed by atoms with Crippen molar-refractivity contribution in [2.24, 2.45) is 33.5 Å². The third-order valence-electron chi connectivity index (χ3n) is 22.7. The van der Waals surface area contributed by atoms with E-state index in [1.54, 1.807) is 111 Å². The third-order valence-corrected chi connectivity index (χ3v) is 25.3. The topological polar surface area (TPSA) is 339 Å². The van der Waals surface area contributed by atoms with Gasteiger partial charge in [-0.1, -0.05) is 94.4 Å². The average molecular weight is 1370 g/mol. The fourth-order valence-electron chi connectivity index (χ4n) is 17.4. The molecule has 2 heterocycles. The Labute approximate surface area is 564 Å². The molecule has 0 radical (unpaired) electrons. The van der Waals surface area contributed by atoms with Crippen LogP contribution < -0.4 is 5.19 Å². The fraction of sp³-hybridized carbons (Fsp3) is 0.583. The summed E-state index contributed by atoms with van der Waals surface area (Å²) in [6.07, 6.45) is -16.5. The lowest BCUT2D eigenvalue weighted by Gasteiger charge is -2.68. The van der Waals surface area contributed by atoms with Crippen molar-refractivity contribution in [2.75, 3.05) is 26.4 Å². The second-order valence-electron chi connectivity index (χ2n) is 28.9. The molecular weight excluding hydrogens is 1280 g/mol. The molecule has 6 aliphatic carbocycles. The lowest BCUT2D eigenvalue weighted by Crippen LogP contribution is -2.82. The van der Waals surface area contributed by atoms with Gasteiger partial charge in [0.2, 0.25) is 8.32 Å². The molecule has 6 fully saturated rings. The van der Waals surface area contributed by atoms with Crippen LogP contribution in [-0.4, -0.2) is 191 Å². The second-order valence-corrected chi connectivity index (χ2v) is 32.7. The third kappa shape index (κ3) is 11.6. The first kappa shape index (κ1) is 72.5. The molecule has 2 aliphatic heterocycles. The van der Waals surface area contributed by atoms with E-state index in [-0.39, 0.29) is 80.0 Å². The zero-order valence-corrected chi connectivity index (χ0v) is 58.2. The minimum absolute atomic E-state index is 0.0394. The number of esters is 4. The van der Waals surface area contributed by atoms with Crippen molar-refractivity contribution < 1.29 is 116 Å². The van der Waals surface area contributed by atoms with Crippen LogP contribution in [0.5, 0.6) is 0 Å². The van der Waals surface area contributed by atoms with Crippen LogP contribution in [0.25, 0.3) is 0 Å². The summed E-state index contributed by atoms with van der Waals surface area (Å²) in [6, 6.07) is 25.9. The van der Waals surface area contributed by atoms with Crippen molar-refractivity contribution >= 4 is 61.3 Å². The summed E-state index contributed by atoms with van der Waals surface area (Å²) in [4.78, 5) is 110. The van der Waals surface area contributed by atoms with Crippen LogP contribution in [0.15, 0.2) is 113 Å². The van der Waals surface area contributed by atoms with Gasteiger partial charge in [0.25, 0.3) is 0 Å². The predicted molar refractivity (Wildman–Crippen MR) is 345 cm³/mol. The molecule has 0 aromatic heterocycles. The van der Waals surface area contributed by atoms with Crippen molar-refractivity contribution in [1.82, 2.24) is 0 Å². The number of aliphatic hydroxyl groups excluding tert-OH is 3. The van der Waals surface area contributed by atoms with E-state index in [9.17, 15) is 59.1 Å². The number of carbonyl (C=O) groups excluding carboxylic acids is 8. The van der Waals surface area contributed by atoms with Gasteiger partial charge in [-0.15, -0.1) is 0 Å². The van der Waals surface area contributed by atoms with E-state index in [2.05, 4.69) is 0 Å². The first-order valence-electron chi connectivity index (χ1n) is 33.0. The predicted octanol–water partition coefficient (Wildman–Crippen LogP) is 6.66. The first-order chi connectivity index (χ1) is 45.4. The monoisotopic (exact) mass is 1370 g/mol. The Balaban J connectivity index is 0.000000214. The molecule has 8 aliphatic rings. The van der Waals surface area contributed by atoms with Gasteiger partial charge < -0.3 is 77.3 Å². The molecule has 4 bridgehead atoms.